The van der Waals surface area contributed by atoms with E-state index in [4.69, 9.17) is 4.74 Å². The maximum absolute atomic E-state index is 12.7. The average molecular weight is 370 g/mol. The molecule has 6 nitrogen and oxygen atoms in total. The van der Waals surface area contributed by atoms with Crippen LogP contribution in [0.5, 0.6) is 0 Å². The van der Waals surface area contributed by atoms with Crippen molar-refractivity contribution >= 4 is 27.8 Å². The van der Waals surface area contributed by atoms with Gasteiger partial charge < -0.3 is 4.74 Å². The first-order valence-corrected chi connectivity index (χ1v) is 10.6. The Morgan fingerprint density at radius 1 is 1.21 bits per heavy atom. The number of pyridine rings is 1. The summed E-state index contributed by atoms with van der Waals surface area (Å²) in [4.78, 5) is 15.9. The number of nitrogens with zero attached hydrogens (tertiary/aromatic N) is 2. The van der Waals surface area contributed by atoms with E-state index < -0.39 is 10.0 Å². The minimum Gasteiger partial charge on any atom is -0.465 e. The van der Waals surface area contributed by atoms with Gasteiger partial charge in [-0.1, -0.05) is 31.0 Å². The van der Waals surface area contributed by atoms with Crippen LogP contribution in [0.1, 0.15) is 38.5 Å². The lowest BCUT2D eigenvalue weighted by molar-refractivity contribution is -0.137. The second-order valence-corrected chi connectivity index (χ2v) is 9.43. The second kappa shape index (κ2) is 7.41. The molecule has 1 saturated heterocycles. The molecule has 0 radical (unpaired) electrons. The fraction of sp³-hybridized carbons (Fsp3) is 0.625. The fourth-order valence-electron chi connectivity index (χ4n) is 3.13. The van der Waals surface area contributed by atoms with Crippen LogP contribution in [0.2, 0.25) is 0 Å². The van der Waals surface area contributed by atoms with Crippen LogP contribution in [0.25, 0.3) is 0 Å². The zero-order chi connectivity index (χ0) is 17.2. The summed E-state index contributed by atoms with van der Waals surface area (Å²) in [5.41, 5.74) is 0. The lowest BCUT2D eigenvalue weighted by atomic mass is 9.96. The predicted octanol–water partition coefficient (Wildman–Crippen LogP) is 2.44. The maximum atomic E-state index is 12.7. The molecule has 1 aliphatic carbocycles. The summed E-state index contributed by atoms with van der Waals surface area (Å²) in [6.45, 7) is 0.440. The normalized spacial score (nSPS) is 22.8. The molecule has 2 aliphatic rings. The lowest BCUT2D eigenvalue weighted by Gasteiger charge is -2.30. The molecule has 0 N–H and O–H groups in total. The number of aromatic nitrogens is 1. The Kier molecular flexibility index (Phi) is 5.46. The van der Waals surface area contributed by atoms with E-state index in [0.717, 1.165) is 25.7 Å². The van der Waals surface area contributed by atoms with Gasteiger partial charge >= 0.3 is 5.97 Å². The van der Waals surface area contributed by atoms with Gasteiger partial charge in [0.2, 0.25) is 10.0 Å². The smallest absolute Gasteiger partial charge is 0.319 e. The highest BCUT2D eigenvalue weighted by Crippen LogP contribution is 2.30. The van der Waals surface area contributed by atoms with E-state index in [2.05, 4.69) is 4.98 Å². The van der Waals surface area contributed by atoms with Gasteiger partial charge in [0.25, 0.3) is 0 Å². The van der Waals surface area contributed by atoms with Crippen molar-refractivity contribution in [2.75, 3.05) is 13.7 Å². The van der Waals surface area contributed by atoms with Crippen molar-refractivity contribution in [1.29, 1.82) is 0 Å². The van der Waals surface area contributed by atoms with Crippen molar-refractivity contribution in [3.8, 4) is 0 Å². The lowest BCUT2D eigenvalue weighted by Crippen LogP contribution is -2.38. The molecule has 1 aromatic rings. The first kappa shape index (κ1) is 17.7. The molecule has 0 amide bonds. The van der Waals surface area contributed by atoms with E-state index in [1.807, 2.05) is 0 Å². The van der Waals surface area contributed by atoms with Gasteiger partial charge in [0.05, 0.1) is 11.6 Å². The highest BCUT2D eigenvalue weighted by molar-refractivity contribution is 8.00. The molecule has 0 unspecified atom stereocenters. The Hall–Kier alpha value is -1.12. The predicted molar refractivity (Wildman–Crippen MR) is 91.3 cm³/mol. The van der Waals surface area contributed by atoms with Gasteiger partial charge in [0.15, 0.2) is 0 Å². The molecule has 3 rings (SSSR count). The van der Waals surface area contributed by atoms with Crippen LogP contribution in [-0.4, -0.2) is 48.6 Å². The van der Waals surface area contributed by atoms with E-state index >= 15 is 0 Å². The quantitative estimate of drug-likeness (QED) is 0.741. The number of thioether (sulfide) groups is 1. The molecule has 132 valence electrons. The first-order chi connectivity index (χ1) is 11.5. The van der Waals surface area contributed by atoms with E-state index in [0.29, 0.717) is 18.1 Å². The van der Waals surface area contributed by atoms with Crippen molar-refractivity contribution in [3.05, 3.63) is 18.3 Å². The highest BCUT2D eigenvalue weighted by atomic mass is 32.2. The molecule has 8 heteroatoms. The van der Waals surface area contributed by atoms with Crippen molar-refractivity contribution in [2.24, 2.45) is 0 Å². The summed E-state index contributed by atoms with van der Waals surface area (Å²) < 4.78 is 31.9. The van der Waals surface area contributed by atoms with Gasteiger partial charge in [-0.3, -0.25) is 4.79 Å². The van der Waals surface area contributed by atoms with Gasteiger partial charge in [0.1, 0.15) is 10.1 Å². The topological polar surface area (TPSA) is 76.6 Å². The molecule has 1 aromatic heterocycles. The number of carbonyl (C=O) groups is 1. The second-order valence-electron chi connectivity index (χ2n) is 6.21. The van der Waals surface area contributed by atoms with Crippen LogP contribution >= 0.6 is 11.8 Å². The first-order valence-electron chi connectivity index (χ1n) is 8.26. The number of cyclic esters (lactones) is 1. The molecule has 1 saturated carbocycles. The molecule has 0 aromatic carbocycles. The van der Waals surface area contributed by atoms with Crippen molar-refractivity contribution < 1.29 is 17.9 Å². The number of hydrogen-bond acceptors (Lipinski definition) is 6. The van der Waals surface area contributed by atoms with Gasteiger partial charge in [-0.25, -0.2) is 13.4 Å². The standard InChI is InChI=1S/C16H22N2O4S2/c1-18(12-5-3-2-4-6-12)24(20,21)13-7-8-15(17-11-13)23-14-9-10-22-16(14)19/h7-8,11-12,14H,2-6,9-10H2,1H3/t14-/m0/s1. The van der Waals surface area contributed by atoms with Gasteiger partial charge in [-0.2, -0.15) is 4.31 Å². The summed E-state index contributed by atoms with van der Waals surface area (Å²) in [5.74, 6) is -0.226. The molecule has 0 bridgehead atoms. The third kappa shape index (κ3) is 3.75. The van der Waals surface area contributed by atoms with Crippen LogP contribution in [0.4, 0.5) is 0 Å². The molecular weight excluding hydrogens is 348 g/mol. The SMILES string of the molecule is CN(C1CCCCC1)S(=O)(=O)c1ccc(S[C@H]2CCOC2=O)nc1. The average Bonchev–Trinajstić information content (AvgIpc) is 3.00. The number of esters is 1. The largest absolute Gasteiger partial charge is 0.465 e. The van der Waals surface area contributed by atoms with E-state index in [-0.39, 0.29) is 22.2 Å². The maximum Gasteiger partial charge on any atom is 0.319 e. The summed E-state index contributed by atoms with van der Waals surface area (Å²) in [6, 6.07) is 3.31. The molecule has 0 spiro atoms. The van der Waals surface area contributed by atoms with Crippen LogP contribution in [0.3, 0.4) is 0 Å². The van der Waals surface area contributed by atoms with Crippen LogP contribution in [0, 0.1) is 0 Å². The Balaban J connectivity index is 1.70. The minimum absolute atomic E-state index is 0.0751. The Morgan fingerprint density at radius 2 is 1.96 bits per heavy atom. The zero-order valence-electron chi connectivity index (χ0n) is 13.7. The van der Waals surface area contributed by atoms with E-state index in [1.54, 1.807) is 19.2 Å². The summed E-state index contributed by atoms with van der Waals surface area (Å²) >= 11 is 1.32. The molecule has 1 aliphatic heterocycles. The van der Waals surface area contributed by atoms with Gasteiger partial charge in [0, 0.05) is 25.7 Å². The molecule has 1 atom stereocenters. The minimum atomic E-state index is -3.52. The number of ether oxygens (including phenoxy) is 1. The van der Waals surface area contributed by atoms with Crippen molar-refractivity contribution in [3.63, 3.8) is 0 Å². The number of hydrogen-bond donors (Lipinski definition) is 0. The summed E-state index contributed by atoms with van der Waals surface area (Å²) in [7, 11) is -1.87. The number of sulfonamides is 1. The monoisotopic (exact) mass is 370 g/mol. The van der Waals surface area contributed by atoms with E-state index in [1.165, 1.54) is 28.7 Å². The molecule has 2 fully saturated rings. The van der Waals surface area contributed by atoms with Crippen LogP contribution in [0.15, 0.2) is 28.3 Å². The Morgan fingerprint density at radius 3 is 2.54 bits per heavy atom. The highest BCUT2D eigenvalue weighted by Gasteiger charge is 2.30. The van der Waals surface area contributed by atoms with E-state index in [9.17, 15) is 13.2 Å². The van der Waals surface area contributed by atoms with Gasteiger partial charge in [-0.15, -0.1) is 0 Å². The van der Waals surface area contributed by atoms with Crippen molar-refractivity contribution in [1.82, 2.24) is 9.29 Å². The Labute approximate surface area is 147 Å². The Bertz CT molecular complexity index is 685. The molecule has 2 heterocycles. The molecular formula is C16H22N2O4S2. The van der Waals surface area contributed by atoms with Crippen molar-refractivity contribution in [2.45, 2.75) is 59.7 Å². The summed E-state index contributed by atoms with van der Waals surface area (Å²) in [5, 5.41) is 0.392. The third-order valence-corrected chi connectivity index (χ3v) is 7.71. The zero-order valence-corrected chi connectivity index (χ0v) is 15.3. The van der Waals surface area contributed by atoms with Crippen LogP contribution < -0.4 is 0 Å². The third-order valence-electron chi connectivity index (χ3n) is 4.63. The fourth-order valence-corrected chi connectivity index (χ4v) is 5.42. The van der Waals surface area contributed by atoms with Gasteiger partial charge in [-0.05, 0) is 25.0 Å². The van der Waals surface area contributed by atoms with Crippen LogP contribution in [-0.2, 0) is 19.6 Å². The summed E-state index contributed by atoms with van der Waals surface area (Å²) in [6.07, 6.45) is 7.22. The number of rotatable bonds is 5. The molecule has 24 heavy (non-hydrogen) atoms. The number of carbonyl (C=O) groups excluding carboxylic acids is 1.